The summed E-state index contributed by atoms with van der Waals surface area (Å²) in [5.74, 6) is 1.08. The summed E-state index contributed by atoms with van der Waals surface area (Å²) < 4.78 is 5.13. The smallest absolute Gasteiger partial charge is 0.125 e. The van der Waals surface area contributed by atoms with E-state index in [1.165, 1.54) is 0 Å². The van der Waals surface area contributed by atoms with Crippen molar-refractivity contribution in [3.63, 3.8) is 0 Å². The van der Waals surface area contributed by atoms with Crippen molar-refractivity contribution in [2.75, 3.05) is 13.7 Å². The van der Waals surface area contributed by atoms with Crippen molar-refractivity contribution in [2.45, 2.75) is 26.2 Å². The Bertz CT molecular complexity index is 324. The van der Waals surface area contributed by atoms with Crippen LogP contribution in [0.4, 0.5) is 0 Å². The lowest BCUT2D eigenvalue weighted by Gasteiger charge is -2.10. The zero-order valence-corrected chi connectivity index (χ0v) is 9.42. The molecule has 3 nitrogen and oxygen atoms in total. The van der Waals surface area contributed by atoms with E-state index in [-0.39, 0.29) is 0 Å². The van der Waals surface area contributed by atoms with Gasteiger partial charge in [-0.2, -0.15) is 0 Å². The quantitative estimate of drug-likeness (QED) is 0.729. The Morgan fingerprint density at radius 2 is 2.07 bits per heavy atom. The van der Waals surface area contributed by atoms with Gasteiger partial charge in [-0.25, -0.2) is 0 Å². The fraction of sp³-hybridized carbons (Fsp3) is 0.500. The van der Waals surface area contributed by atoms with E-state index in [9.17, 15) is 5.11 Å². The number of nitrogens with two attached hydrogens (primary N) is 1. The highest BCUT2D eigenvalue weighted by Gasteiger charge is 2.08. The van der Waals surface area contributed by atoms with Crippen LogP contribution >= 0.6 is 0 Å². The second-order valence-electron chi connectivity index (χ2n) is 3.65. The Balaban J connectivity index is 2.77. The summed E-state index contributed by atoms with van der Waals surface area (Å²) in [5.41, 5.74) is 7.21. The van der Waals surface area contributed by atoms with E-state index < -0.39 is 0 Å². The van der Waals surface area contributed by atoms with Gasteiger partial charge in [-0.15, -0.1) is 0 Å². The molecule has 1 aromatic rings. The van der Waals surface area contributed by atoms with Crippen LogP contribution in [0.5, 0.6) is 11.5 Å². The molecule has 1 aromatic carbocycles. The molecule has 0 saturated carbocycles. The first-order chi connectivity index (χ1) is 7.20. The summed E-state index contributed by atoms with van der Waals surface area (Å²) in [6.07, 6.45) is 2.87. The van der Waals surface area contributed by atoms with Gasteiger partial charge in [-0.1, -0.05) is 6.07 Å². The van der Waals surface area contributed by atoms with E-state index in [1.54, 1.807) is 7.11 Å². The van der Waals surface area contributed by atoms with Crippen molar-refractivity contribution >= 4 is 0 Å². The molecule has 0 atom stereocenters. The number of hydrogen-bond acceptors (Lipinski definition) is 3. The molecule has 0 heterocycles. The van der Waals surface area contributed by atoms with E-state index in [2.05, 4.69) is 0 Å². The zero-order valence-electron chi connectivity index (χ0n) is 9.42. The monoisotopic (exact) mass is 209 g/mol. The molecule has 0 fully saturated rings. The number of ether oxygens (including phenoxy) is 1. The summed E-state index contributed by atoms with van der Waals surface area (Å²) in [4.78, 5) is 0. The maximum atomic E-state index is 9.90. The fourth-order valence-electron chi connectivity index (χ4n) is 1.62. The molecule has 0 amide bonds. The molecule has 0 aliphatic rings. The Hall–Kier alpha value is -1.22. The standard InChI is InChI=1S/C12H19NO2/c1-9-11(15-2)7-6-10(12(9)14)5-3-4-8-13/h6-7,14H,3-5,8,13H2,1-2H3. The molecule has 1 rings (SSSR count). The number of phenolic OH excluding ortho intramolecular Hbond substituents is 1. The van der Waals surface area contributed by atoms with E-state index >= 15 is 0 Å². The van der Waals surface area contributed by atoms with Gasteiger partial charge in [-0.05, 0) is 44.4 Å². The van der Waals surface area contributed by atoms with Crippen molar-refractivity contribution in [1.82, 2.24) is 0 Å². The van der Waals surface area contributed by atoms with Gasteiger partial charge in [0.05, 0.1) is 7.11 Å². The average Bonchev–Trinajstić information content (AvgIpc) is 2.25. The maximum absolute atomic E-state index is 9.90. The topological polar surface area (TPSA) is 55.5 Å². The van der Waals surface area contributed by atoms with E-state index in [0.717, 1.165) is 36.1 Å². The highest BCUT2D eigenvalue weighted by atomic mass is 16.5. The predicted octanol–water partition coefficient (Wildman–Crippen LogP) is 1.99. The van der Waals surface area contributed by atoms with Crippen molar-refractivity contribution < 1.29 is 9.84 Å². The minimum atomic E-state index is 0.353. The molecule has 0 aliphatic carbocycles. The SMILES string of the molecule is COc1ccc(CCCCN)c(O)c1C. The van der Waals surface area contributed by atoms with Crippen molar-refractivity contribution in [2.24, 2.45) is 5.73 Å². The van der Waals surface area contributed by atoms with Crippen LogP contribution in [0, 0.1) is 6.92 Å². The summed E-state index contributed by atoms with van der Waals surface area (Å²) >= 11 is 0. The molecule has 15 heavy (non-hydrogen) atoms. The number of hydrogen-bond donors (Lipinski definition) is 2. The number of aromatic hydroxyl groups is 1. The summed E-state index contributed by atoms with van der Waals surface area (Å²) in [7, 11) is 1.61. The van der Waals surface area contributed by atoms with Crippen LogP contribution in [-0.4, -0.2) is 18.8 Å². The van der Waals surface area contributed by atoms with Gasteiger partial charge in [0.1, 0.15) is 11.5 Å². The first-order valence-corrected chi connectivity index (χ1v) is 5.26. The lowest BCUT2D eigenvalue weighted by molar-refractivity contribution is 0.401. The fourth-order valence-corrected chi connectivity index (χ4v) is 1.62. The van der Waals surface area contributed by atoms with E-state index in [0.29, 0.717) is 12.3 Å². The minimum Gasteiger partial charge on any atom is -0.507 e. The Morgan fingerprint density at radius 3 is 2.67 bits per heavy atom. The third-order valence-corrected chi connectivity index (χ3v) is 2.59. The van der Waals surface area contributed by atoms with Crippen LogP contribution in [0.25, 0.3) is 0 Å². The predicted molar refractivity (Wildman–Crippen MR) is 61.4 cm³/mol. The molecule has 0 bridgehead atoms. The summed E-state index contributed by atoms with van der Waals surface area (Å²) in [5, 5.41) is 9.90. The lowest BCUT2D eigenvalue weighted by Crippen LogP contribution is -1.99. The molecular weight excluding hydrogens is 190 g/mol. The third-order valence-electron chi connectivity index (χ3n) is 2.59. The highest BCUT2D eigenvalue weighted by Crippen LogP contribution is 2.30. The third kappa shape index (κ3) is 2.86. The Labute approximate surface area is 90.9 Å². The number of phenols is 1. The van der Waals surface area contributed by atoms with Crippen LogP contribution in [0.15, 0.2) is 12.1 Å². The Morgan fingerprint density at radius 1 is 1.33 bits per heavy atom. The van der Waals surface area contributed by atoms with Gasteiger partial charge in [0.25, 0.3) is 0 Å². The van der Waals surface area contributed by atoms with Gasteiger partial charge in [-0.3, -0.25) is 0 Å². The molecule has 84 valence electrons. The van der Waals surface area contributed by atoms with Crippen molar-refractivity contribution in [1.29, 1.82) is 0 Å². The van der Waals surface area contributed by atoms with Crippen LogP contribution in [-0.2, 0) is 6.42 Å². The largest absolute Gasteiger partial charge is 0.507 e. The second kappa shape index (κ2) is 5.61. The normalized spacial score (nSPS) is 10.3. The molecule has 3 heteroatoms. The van der Waals surface area contributed by atoms with Gasteiger partial charge < -0.3 is 15.6 Å². The number of aryl methyl sites for hydroxylation is 1. The summed E-state index contributed by atoms with van der Waals surface area (Å²) in [6.45, 7) is 2.57. The lowest BCUT2D eigenvalue weighted by atomic mass is 10.0. The zero-order chi connectivity index (χ0) is 11.3. The molecule has 0 radical (unpaired) electrons. The second-order valence-corrected chi connectivity index (χ2v) is 3.65. The van der Waals surface area contributed by atoms with Crippen molar-refractivity contribution in [3.8, 4) is 11.5 Å². The van der Waals surface area contributed by atoms with Crippen LogP contribution in [0.3, 0.4) is 0 Å². The van der Waals surface area contributed by atoms with Gasteiger partial charge in [0.2, 0.25) is 0 Å². The molecule has 0 aliphatic heterocycles. The highest BCUT2D eigenvalue weighted by molar-refractivity contribution is 5.48. The number of methoxy groups -OCH3 is 1. The molecule has 0 spiro atoms. The van der Waals surface area contributed by atoms with Gasteiger partial charge in [0, 0.05) is 5.56 Å². The van der Waals surface area contributed by atoms with Crippen LogP contribution < -0.4 is 10.5 Å². The van der Waals surface area contributed by atoms with Crippen molar-refractivity contribution in [3.05, 3.63) is 23.3 Å². The molecule has 0 unspecified atom stereocenters. The van der Waals surface area contributed by atoms with Crippen LogP contribution in [0.2, 0.25) is 0 Å². The minimum absolute atomic E-state index is 0.353. The molecule has 0 saturated heterocycles. The van der Waals surface area contributed by atoms with Gasteiger partial charge >= 0.3 is 0 Å². The molecular formula is C12H19NO2. The average molecular weight is 209 g/mol. The van der Waals surface area contributed by atoms with Crippen LogP contribution in [0.1, 0.15) is 24.0 Å². The van der Waals surface area contributed by atoms with E-state index in [4.69, 9.17) is 10.5 Å². The van der Waals surface area contributed by atoms with E-state index in [1.807, 2.05) is 19.1 Å². The molecule has 3 N–H and O–H groups in total. The molecule has 0 aromatic heterocycles. The number of unbranched alkanes of at least 4 members (excludes halogenated alkanes) is 1. The first-order valence-electron chi connectivity index (χ1n) is 5.26. The van der Waals surface area contributed by atoms with Gasteiger partial charge in [0.15, 0.2) is 0 Å². The number of rotatable bonds is 5. The maximum Gasteiger partial charge on any atom is 0.125 e. The Kier molecular flexibility index (Phi) is 4.43. The number of benzene rings is 1. The first kappa shape index (κ1) is 11.9. The summed E-state index contributed by atoms with van der Waals surface area (Å²) in [6, 6.07) is 3.81.